The van der Waals surface area contributed by atoms with Crippen molar-refractivity contribution >= 4 is 12.1 Å². The average Bonchev–Trinajstić information content (AvgIpc) is 3.87. The number of carbonyl (C=O) groups excluding carboxylic acids is 2. The molecule has 2 unspecified atom stereocenters. The molecule has 0 aromatic heterocycles. The minimum atomic E-state index is -1.67. The van der Waals surface area contributed by atoms with Crippen LogP contribution in [0, 0.1) is 35.5 Å². The number of methoxy groups -OCH3 is 1. The molecule has 3 N–H and O–H groups in total. The van der Waals surface area contributed by atoms with E-state index >= 15 is 0 Å². The number of rotatable bonds is 12. The van der Waals surface area contributed by atoms with E-state index in [1.165, 1.54) is 7.11 Å². The van der Waals surface area contributed by atoms with E-state index in [0.717, 1.165) is 24.8 Å². The summed E-state index contributed by atoms with van der Waals surface area (Å²) >= 11 is 0. The molecular formula is C44H68NNaO12. The second kappa shape index (κ2) is 18.5. The molecular weight excluding hydrogens is 757 g/mol. The third-order valence-corrected chi connectivity index (χ3v) is 14.4. The van der Waals surface area contributed by atoms with Gasteiger partial charge in [-0.1, -0.05) is 71.9 Å². The summed E-state index contributed by atoms with van der Waals surface area (Å²) in [6, 6.07) is 9.34. The number of benzene rings is 1. The SMILES string of the molecule is CO[C@@H](C(C)C(=O)[O-])[C@H](C)[C@H]1O[C@@]2(CC[C@@](C)([C@H]3CC[C@@](C)([C@@H]4O[C@@H]([C@H]5O[C@](O)(COC(=O)NC(C)c6ccccc6)[C@H](C)C[C@@H]5C)C[C@@H]4C)O3)O2)C[C@H](O)[C@H]1C.[Na+]. The molecule has 14 heteroatoms. The smallest absolute Gasteiger partial charge is 0.550 e. The molecule has 5 saturated heterocycles. The Morgan fingerprint density at radius 2 is 1.66 bits per heavy atom. The molecule has 58 heavy (non-hydrogen) atoms. The summed E-state index contributed by atoms with van der Waals surface area (Å²) in [5.41, 5.74) is -0.350. The van der Waals surface area contributed by atoms with E-state index in [1.54, 1.807) is 6.92 Å². The molecule has 0 aliphatic carbocycles. The van der Waals surface area contributed by atoms with Crippen molar-refractivity contribution in [2.24, 2.45) is 35.5 Å². The zero-order valence-electron chi connectivity index (χ0n) is 36.6. The van der Waals surface area contributed by atoms with Crippen molar-refractivity contribution < 1.29 is 87.6 Å². The number of aliphatic hydroxyl groups is 2. The number of carboxylic acids is 1. The summed E-state index contributed by atoms with van der Waals surface area (Å²) < 4.78 is 45.2. The Hall–Kier alpha value is -1.36. The molecule has 5 heterocycles. The van der Waals surface area contributed by atoms with Crippen LogP contribution in [0.2, 0.25) is 0 Å². The number of hydrogen-bond acceptors (Lipinski definition) is 12. The Morgan fingerprint density at radius 3 is 2.31 bits per heavy atom. The van der Waals surface area contributed by atoms with Gasteiger partial charge in [-0.2, -0.15) is 0 Å². The maximum atomic E-state index is 12.8. The van der Waals surface area contributed by atoms with Crippen LogP contribution in [0.15, 0.2) is 30.3 Å². The fourth-order valence-electron chi connectivity index (χ4n) is 10.8. The molecule has 5 fully saturated rings. The normalized spacial score (nSPS) is 43.6. The van der Waals surface area contributed by atoms with Crippen molar-refractivity contribution in [3.8, 4) is 0 Å². The first-order chi connectivity index (χ1) is 26.7. The van der Waals surface area contributed by atoms with Crippen molar-refractivity contribution in [1.82, 2.24) is 5.32 Å². The zero-order chi connectivity index (χ0) is 41.7. The van der Waals surface area contributed by atoms with Crippen LogP contribution >= 0.6 is 0 Å². The zero-order valence-corrected chi connectivity index (χ0v) is 38.6. The van der Waals surface area contributed by atoms with Gasteiger partial charge < -0.3 is 58.6 Å². The molecule has 18 atom stereocenters. The predicted octanol–water partition coefficient (Wildman–Crippen LogP) is 2.05. The molecule has 0 saturated carbocycles. The minimum absolute atomic E-state index is 0. The molecule has 322 valence electrons. The number of aliphatic hydroxyl groups excluding tert-OH is 1. The summed E-state index contributed by atoms with van der Waals surface area (Å²) in [7, 11) is 1.49. The summed E-state index contributed by atoms with van der Waals surface area (Å²) in [5.74, 6) is -5.41. The number of carbonyl (C=O) groups is 2. The predicted molar refractivity (Wildman–Crippen MR) is 207 cm³/mol. The van der Waals surface area contributed by atoms with Gasteiger partial charge in [-0.3, -0.25) is 0 Å². The van der Waals surface area contributed by atoms with Crippen LogP contribution in [-0.2, 0) is 38.0 Å². The molecule has 0 bridgehead atoms. The van der Waals surface area contributed by atoms with Crippen molar-refractivity contribution in [1.29, 1.82) is 0 Å². The molecule has 0 radical (unpaired) electrons. The first-order valence-corrected chi connectivity index (χ1v) is 21.2. The van der Waals surface area contributed by atoms with E-state index in [4.69, 9.17) is 33.2 Å². The molecule has 5 aliphatic rings. The van der Waals surface area contributed by atoms with E-state index in [2.05, 4.69) is 33.0 Å². The van der Waals surface area contributed by atoms with Gasteiger partial charge >= 0.3 is 35.7 Å². The van der Waals surface area contributed by atoms with Crippen molar-refractivity contribution in [3.05, 3.63) is 35.9 Å². The Kier molecular flexibility index (Phi) is 15.2. The van der Waals surface area contributed by atoms with Gasteiger partial charge in [-0.05, 0) is 70.3 Å². The molecule has 6 rings (SSSR count). The van der Waals surface area contributed by atoms with Gasteiger partial charge in [-0.25, -0.2) is 4.79 Å². The van der Waals surface area contributed by atoms with Crippen LogP contribution in [0.25, 0.3) is 0 Å². The van der Waals surface area contributed by atoms with E-state index in [0.29, 0.717) is 25.7 Å². The first kappa shape index (κ1) is 47.7. The van der Waals surface area contributed by atoms with Gasteiger partial charge in [-0.15, -0.1) is 0 Å². The van der Waals surface area contributed by atoms with Crippen molar-refractivity contribution in [2.45, 2.75) is 179 Å². The second-order valence-electron chi connectivity index (χ2n) is 18.9. The van der Waals surface area contributed by atoms with Crippen LogP contribution in [0.1, 0.15) is 119 Å². The second-order valence-corrected chi connectivity index (χ2v) is 18.9. The monoisotopic (exact) mass is 825 g/mol. The minimum Gasteiger partial charge on any atom is -0.550 e. The molecule has 1 amide bonds. The topological polar surface area (TPSA) is 174 Å². The molecule has 13 nitrogen and oxygen atoms in total. The number of amides is 1. The summed E-state index contributed by atoms with van der Waals surface area (Å²) in [4.78, 5) is 24.6. The fraction of sp³-hybridized carbons (Fsp3) is 0.818. The Bertz CT molecular complexity index is 1560. The summed E-state index contributed by atoms with van der Waals surface area (Å²) in [6.07, 6.45) is 0.772. The third-order valence-electron chi connectivity index (χ3n) is 14.4. The Morgan fingerprint density at radius 1 is 0.966 bits per heavy atom. The number of nitrogens with one attached hydrogen (secondary N) is 1. The molecule has 1 aromatic carbocycles. The van der Waals surface area contributed by atoms with Crippen molar-refractivity contribution in [2.75, 3.05) is 13.7 Å². The number of hydrogen-bond donors (Lipinski definition) is 3. The van der Waals surface area contributed by atoms with Crippen molar-refractivity contribution in [3.63, 3.8) is 0 Å². The Balaban J connectivity index is 0.00000641. The van der Waals surface area contributed by atoms with Gasteiger partial charge in [0.05, 0.1) is 60.0 Å². The molecule has 5 aliphatic heterocycles. The van der Waals surface area contributed by atoms with E-state index in [-0.39, 0.29) is 90.1 Å². The summed E-state index contributed by atoms with van der Waals surface area (Å²) in [5, 5.41) is 37.7. The quantitative estimate of drug-likeness (QED) is 0.263. The van der Waals surface area contributed by atoms with Gasteiger partial charge in [0.15, 0.2) is 5.79 Å². The number of alkyl carbamates (subject to hydrolysis) is 1. The third kappa shape index (κ3) is 9.65. The van der Waals surface area contributed by atoms with Crippen LogP contribution in [0.3, 0.4) is 0 Å². The van der Waals surface area contributed by atoms with E-state index in [9.17, 15) is 24.9 Å². The maximum Gasteiger partial charge on any atom is 1.00 e. The fourth-order valence-corrected chi connectivity index (χ4v) is 10.8. The van der Waals surface area contributed by atoms with E-state index < -0.39 is 65.2 Å². The van der Waals surface area contributed by atoms with Gasteiger partial charge in [0.2, 0.25) is 5.79 Å². The number of ether oxygens (including phenoxy) is 7. The van der Waals surface area contributed by atoms with Crippen LogP contribution in [0.4, 0.5) is 4.79 Å². The van der Waals surface area contributed by atoms with Gasteiger partial charge in [0, 0.05) is 49.6 Å². The van der Waals surface area contributed by atoms with Crippen LogP contribution in [-0.4, -0.2) is 101 Å². The Labute approximate surface area is 367 Å². The standard InChI is InChI=1S/C44H69NO12.Na/c1-24-20-26(3)44(50,23-52-40(49)45-30(7)31-14-12-11-13-15-31)56-35(24)33-21-25(2)38(53-33)42(9)17-16-34(54-42)41(8)18-19-43(57-41)22-32(46)27(4)37(55-43)28(5)36(51-10)29(6)39(47)48;/h11-15,24-30,32-38,46,50H,16-23H2,1-10H3,(H,45,49)(H,47,48);/q;+1/p-1/t24-,25-,26+,27+,28-,29?,30?,32-,33+,34+,35-,36+,37-,38+,41-,42-,43+,44+;/m0./s1. The first-order valence-electron chi connectivity index (χ1n) is 21.2. The van der Waals surface area contributed by atoms with Crippen LogP contribution in [0.5, 0.6) is 0 Å². The molecule has 1 spiro atoms. The maximum absolute atomic E-state index is 12.8. The molecule has 1 aromatic rings. The summed E-state index contributed by atoms with van der Waals surface area (Å²) in [6.45, 7) is 17.4. The van der Waals surface area contributed by atoms with Gasteiger partial charge in [0.25, 0.3) is 0 Å². The van der Waals surface area contributed by atoms with Gasteiger partial charge in [0.1, 0.15) is 6.61 Å². The average molecular weight is 826 g/mol. The van der Waals surface area contributed by atoms with E-state index in [1.807, 2.05) is 58.0 Å². The number of aliphatic carboxylic acids is 1. The largest absolute Gasteiger partial charge is 1.00 e. The van der Waals surface area contributed by atoms with Crippen LogP contribution < -0.4 is 40.0 Å². The number of carboxylic acid groups (broad SMARTS) is 1.